The Kier molecular flexibility index (Phi) is 6.76. The van der Waals surface area contributed by atoms with Crippen LogP contribution in [0.2, 0.25) is 0 Å². The minimum absolute atomic E-state index is 0.159. The van der Waals surface area contributed by atoms with Gasteiger partial charge >= 0.3 is 0 Å². The summed E-state index contributed by atoms with van der Waals surface area (Å²) in [7, 11) is 0. The second-order valence-corrected chi connectivity index (χ2v) is 9.33. The molecular formula is C24H24N8OS. The van der Waals surface area contributed by atoms with Crippen LogP contribution < -0.4 is 10.6 Å². The minimum Gasteiger partial charge on any atom is -0.315 e. The quantitative estimate of drug-likeness (QED) is 0.392. The Morgan fingerprint density at radius 3 is 2.53 bits per heavy atom. The molecule has 0 radical (unpaired) electrons. The molecule has 1 aliphatic carbocycles. The molecule has 0 saturated heterocycles. The van der Waals surface area contributed by atoms with Crippen molar-refractivity contribution in [2.75, 3.05) is 10.6 Å². The van der Waals surface area contributed by atoms with Crippen molar-refractivity contribution in [2.45, 2.75) is 38.0 Å². The van der Waals surface area contributed by atoms with E-state index in [1.807, 2.05) is 48.5 Å². The van der Waals surface area contributed by atoms with Crippen LogP contribution in [-0.4, -0.2) is 36.3 Å². The van der Waals surface area contributed by atoms with E-state index >= 15 is 0 Å². The van der Waals surface area contributed by atoms with E-state index in [9.17, 15) is 4.79 Å². The largest absolute Gasteiger partial charge is 0.315 e. The molecule has 1 amide bonds. The Balaban J connectivity index is 1.11. The van der Waals surface area contributed by atoms with Gasteiger partial charge in [-0.2, -0.15) is 5.10 Å². The van der Waals surface area contributed by atoms with Crippen LogP contribution in [0.4, 0.5) is 16.8 Å². The molecule has 2 N–H and O–H groups in total. The number of aromatic nitrogens is 6. The third-order valence-electron chi connectivity index (χ3n) is 5.78. The van der Waals surface area contributed by atoms with Crippen LogP contribution in [0.1, 0.15) is 41.6 Å². The van der Waals surface area contributed by atoms with Crippen molar-refractivity contribution in [3.8, 4) is 0 Å². The molecule has 0 unspecified atom stereocenters. The average molecular weight is 473 g/mol. The molecule has 2 atom stereocenters. The smallest absolute Gasteiger partial charge is 0.231 e. The molecular weight excluding hydrogens is 448 g/mol. The topological polar surface area (TPSA) is 118 Å². The summed E-state index contributed by atoms with van der Waals surface area (Å²) in [5.74, 6) is 2.01. The van der Waals surface area contributed by atoms with E-state index in [0.29, 0.717) is 17.7 Å². The second-order valence-electron chi connectivity index (χ2n) is 8.32. The van der Waals surface area contributed by atoms with Gasteiger partial charge in [0.05, 0.1) is 12.1 Å². The number of rotatable bonds is 8. The van der Waals surface area contributed by atoms with E-state index in [4.69, 9.17) is 0 Å². The van der Waals surface area contributed by atoms with Crippen LogP contribution >= 0.6 is 11.3 Å². The van der Waals surface area contributed by atoms with Gasteiger partial charge in [-0.15, -0.1) is 15.3 Å². The number of nitrogens with zero attached hydrogens (tertiary/aromatic N) is 6. The molecule has 9 nitrogen and oxygen atoms in total. The average Bonchev–Trinajstić information content (AvgIpc) is 3.51. The normalized spacial score (nSPS) is 17.4. The molecule has 0 aliphatic heterocycles. The van der Waals surface area contributed by atoms with Crippen LogP contribution in [0.3, 0.4) is 0 Å². The van der Waals surface area contributed by atoms with Crippen LogP contribution in [-0.2, 0) is 17.6 Å². The van der Waals surface area contributed by atoms with Crippen molar-refractivity contribution in [1.29, 1.82) is 0 Å². The van der Waals surface area contributed by atoms with E-state index < -0.39 is 0 Å². The molecule has 0 aromatic carbocycles. The van der Waals surface area contributed by atoms with Gasteiger partial charge in [0.15, 0.2) is 5.82 Å². The van der Waals surface area contributed by atoms with E-state index in [1.54, 1.807) is 23.7 Å². The van der Waals surface area contributed by atoms with Crippen molar-refractivity contribution < 1.29 is 4.79 Å². The highest BCUT2D eigenvalue weighted by Crippen LogP contribution is 2.41. The maximum absolute atomic E-state index is 12.2. The van der Waals surface area contributed by atoms with Crippen LogP contribution in [0, 0.1) is 5.92 Å². The fraction of sp³-hybridized carbons (Fsp3) is 0.292. The predicted octanol–water partition coefficient (Wildman–Crippen LogP) is 4.17. The number of hydrogen-bond acceptors (Lipinski definition) is 9. The Morgan fingerprint density at radius 2 is 1.76 bits per heavy atom. The number of pyridine rings is 2. The fourth-order valence-corrected chi connectivity index (χ4v) is 5.06. The molecule has 5 rings (SSSR count). The standard InChI is InChI=1S/C24H24N8OS/c33-22(15-18-5-1-3-11-25-18)27-21-10-9-19(29-30-21)14-16-7-8-17(13-16)23-31-32-24(34-23)28-20-6-2-4-12-26-20/h1-6,9-12,16-17H,7-8,13-15H2,(H,26,28,32)(H,27,30,33)/t16-,17+/m1/s1. The van der Waals surface area contributed by atoms with Crippen LogP contribution in [0.15, 0.2) is 60.9 Å². The number of hydrogen-bond donors (Lipinski definition) is 2. The molecule has 4 aromatic heterocycles. The van der Waals surface area contributed by atoms with Crippen LogP contribution in [0.25, 0.3) is 0 Å². The summed E-state index contributed by atoms with van der Waals surface area (Å²) in [6, 6.07) is 15.0. The summed E-state index contributed by atoms with van der Waals surface area (Å²) in [5, 5.41) is 25.0. The Hall–Kier alpha value is -3.79. The van der Waals surface area contributed by atoms with E-state index in [1.165, 1.54) is 0 Å². The van der Waals surface area contributed by atoms with Gasteiger partial charge in [-0.1, -0.05) is 23.5 Å². The summed E-state index contributed by atoms with van der Waals surface area (Å²) in [5.41, 5.74) is 1.65. The van der Waals surface area contributed by atoms with Crippen molar-refractivity contribution in [1.82, 2.24) is 30.4 Å². The highest BCUT2D eigenvalue weighted by atomic mass is 32.1. The van der Waals surface area contributed by atoms with Crippen LogP contribution in [0.5, 0.6) is 0 Å². The molecule has 1 saturated carbocycles. The first-order valence-electron chi connectivity index (χ1n) is 11.2. The highest BCUT2D eigenvalue weighted by molar-refractivity contribution is 7.15. The first-order valence-corrected chi connectivity index (χ1v) is 12.1. The number of amides is 1. The number of carbonyl (C=O) groups is 1. The zero-order valence-electron chi connectivity index (χ0n) is 18.5. The Bertz CT molecular complexity index is 1220. The molecule has 1 fully saturated rings. The maximum atomic E-state index is 12.2. The molecule has 0 spiro atoms. The third kappa shape index (κ3) is 5.76. The van der Waals surface area contributed by atoms with Gasteiger partial charge in [0.2, 0.25) is 11.0 Å². The van der Waals surface area contributed by atoms with Crippen molar-refractivity contribution >= 4 is 34.0 Å². The van der Waals surface area contributed by atoms with Gasteiger partial charge in [-0.3, -0.25) is 9.78 Å². The Labute approximate surface area is 201 Å². The van der Waals surface area contributed by atoms with E-state index in [2.05, 4.69) is 41.0 Å². The van der Waals surface area contributed by atoms with Crippen molar-refractivity contribution in [3.63, 3.8) is 0 Å². The maximum Gasteiger partial charge on any atom is 0.231 e. The van der Waals surface area contributed by atoms with Gasteiger partial charge in [0, 0.05) is 24.0 Å². The van der Waals surface area contributed by atoms with Gasteiger partial charge in [0.1, 0.15) is 10.8 Å². The number of anilines is 3. The zero-order chi connectivity index (χ0) is 23.2. The molecule has 1 aliphatic rings. The first-order chi connectivity index (χ1) is 16.7. The van der Waals surface area contributed by atoms with Crippen molar-refractivity contribution in [2.24, 2.45) is 5.92 Å². The van der Waals surface area contributed by atoms with Gasteiger partial charge in [-0.05, 0) is 68.0 Å². The lowest BCUT2D eigenvalue weighted by Crippen LogP contribution is -2.16. The zero-order valence-corrected chi connectivity index (χ0v) is 19.3. The molecule has 4 aromatic rings. The highest BCUT2D eigenvalue weighted by Gasteiger charge is 2.29. The lowest BCUT2D eigenvalue weighted by molar-refractivity contribution is -0.115. The summed E-state index contributed by atoms with van der Waals surface area (Å²) >= 11 is 1.60. The van der Waals surface area contributed by atoms with Gasteiger partial charge < -0.3 is 10.6 Å². The van der Waals surface area contributed by atoms with Crippen molar-refractivity contribution in [3.05, 3.63) is 77.3 Å². The number of carbonyl (C=O) groups excluding carboxylic acids is 1. The minimum atomic E-state index is -0.159. The molecule has 4 heterocycles. The Morgan fingerprint density at radius 1 is 0.882 bits per heavy atom. The summed E-state index contributed by atoms with van der Waals surface area (Å²) in [6.07, 6.45) is 7.77. The second kappa shape index (κ2) is 10.4. The molecule has 172 valence electrons. The monoisotopic (exact) mass is 472 g/mol. The lowest BCUT2D eigenvalue weighted by Gasteiger charge is -2.09. The predicted molar refractivity (Wildman–Crippen MR) is 130 cm³/mol. The van der Waals surface area contributed by atoms with Gasteiger partial charge in [0.25, 0.3) is 0 Å². The SMILES string of the molecule is O=C(Cc1ccccn1)Nc1ccc(C[C@@H]2CC[C@H](c3nnc(Nc4ccccn4)s3)C2)nn1. The molecule has 10 heteroatoms. The molecule has 34 heavy (non-hydrogen) atoms. The lowest BCUT2D eigenvalue weighted by atomic mass is 10.00. The third-order valence-corrected chi connectivity index (χ3v) is 6.79. The summed E-state index contributed by atoms with van der Waals surface area (Å²) < 4.78 is 0. The summed E-state index contributed by atoms with van der Waals surface area (Å²) in [4.78, 5) is 20.6. The summed E-state index contributed by atoms with van der Waals surface area (Å²) in [6.45, 7) is 0. The first kappa shape index (κ1) is 22.0. The fourth-order valence-electron chi connectivity index (χ4n) is 4.17. The van der Waals surface area contributed by atoms with E-state index in [-0.39, 0.29) is 12.3 Å². The van der Waals surface area contributed by atoms with E-state index in [0.717, 1.165) is 53.0 Å². The molecule has 0 bridgehead atoms. The van der Waals surface area contributed by atoms with Gasteiger partial charge in [-0.25, -0.2) is 4.98 Å². The number of nitrogens with one attached hydrogen (secondary N) is 2.